The second-order valence-electron chi connectivity index (χ2n) is 8.63. The van der Waals surface area contributed by atoms with Crippen LogP contribution < -0.4 is 10.6 Å². The summed E-state index contributed by atoms with van der Waals surface area (Å²) >= 11 is 0. The lowest BCUT2D eigenvalue weighted by Crippen LogP contribution is -2.53. The average molecular weight is 414 g/mol. The van der Waals surface area contributed by atoms with Crippen LogP contribution >= 0.6 is 0 Å². The van der Waals surface area contributed by atoms with Gasteiger partial charge in [0.1, 0.15) is 24.3 Å². The fourth-order valence-electron chi connectivity index (χ4n) is 4.73. The molecular formula is C26H29N4O+. The summed E-state index contributed by atoms with van der Waals surface area (Å²) in [4.78, 5) is 9.43. The van der Waals surface area contributed by atoms with E-state index in [4.69, 9.17) is 15.6 Å². The van der Waals surface area contributed by atoms with Crippen LogP contribution in [0.2, 0.25) is 0 Å². The van der Waals surface area contributed by atoms with Crippen molar-refractivity contribution < 1.29 is 9.33 Å². The molecule has 31 heavy (non-hydrogen) atoms. The average Bonchev–Trinajstić information content (AvgIpc) is 3.11. The zero-order chi connectivity index (χ0) is 21.1. The van der Waals surface area contributed by atoms with E-state index in [2.05, 4.69) is 23.2 Å². The maximum Gasteiger partial charge on any atom is 0.265 e. The van der Waals surface area contributed by atoms with Gasteiger partial charge >= 0.3 is 0 Å². The topological polar surface area (TPSA) is 60.0 Å². The Hall–Kier alpha value is -3.02. The molecule has 2 aromatic carbocycles. The van der Waals surface area contributed by atoms with Crippen molar-refractivity contribution in [3.63, 3.8) is 0 Å². The van der Waals surface area contributed by atoms with E-state index in [1.165, 1.54) is 32.1 Å². The Kier molecular flexibility index (Phi) is 5.53. The molecule has 2 N–H and O–H groups in total. The van der Waals surface area contributed by atoms with Gasteiger partial charge < -0.3 is 4.74 Å². The maximum atomic E-state index is 6.88. The molecule has 1 atom stereocenters. The summed E-state index contributed by atoms with van der Waals surface area (Å²) in [7, 11) is 0. The van der Waals surface area contributed by atoms with Gasteiger partial charge in [-0.15, -0.1) is 4.59 Å². The molecule has 0 saturated heterocycles. The second kappa shape index (κ2) is 8.61. The summed E-state index contributed by atoms with van der Waals surface area (Å²) in [5, 5.41) is 0. The normalized spacial score (nSPS) is 23.1. The Morgan fingerprint density at radius 1 is 1.00 bits per heavy atom. The molecular weight excluding hydrogens is 384 g/mol. The number of ether oxygens (including phenoxy) is 1. The summed E-state index contributed by atoms with van der Waals surface area (Å²) in [6, 6.07) is 18.3. The first-order chi connectivity index (χ1) is 15.2. The van der Waals surface area contributed by atoms with Gasteiger partial charge in [0.15, 0.2) is 0 Å². The molecule has 2 aliphatic heterocycles. The number of amidine groups is 1. The van der Waals surface area contributed by atoms with E-state index in [1.807, 2.05) is 48.8 Å². The monoisotopic (exact) mass is 413 g/mol. The van der Waals surface area contributed by atoms with E-state index in [0.29, 0.717) is 12.5 Å². The summed E-state index contributed by atoms with van der Waals surface area (Å²) in [6.45, 7) is 0.530. The predicted molar refractivity (Wildman–Crippen MR) is 124 cm³/mol. The number of rotatable bonds is 6. The number of fused-ring (bicyclic) bond motifs is 1. The van der Waals surface area contributed by atoms with E-state index >= 15 is 0 Å². The molecule has 1 saturated carbocycles. The second-order valence-corrected chi connectivity index (χ2v) is 8.63. The first-order valence-electron chi connectivity index (χ1n) is 11.2. The third-order valence-electron chi connectivity index (χ3n) is 6.42. The standard InChI is InChI=1S/C26H29N4O/c27-30-15-14-28-18-25(30)24(16-20-8-3-1-4-9-20)29-26(30)22-12-7-13-23(17-22)31-19-21-10-5-2-6-11-21/h2,5-7,10-15,17-18,20H,1,3-4,8-9,16,19,27H2/q+1. The van der Waals surface area contributed by atoms with Gasteiger partial charge in [-0.25, -0.2) is 0 Å². The van der Waals surface area contributed by atoms with Crippen LogP contribution in [0.1, 0.15) is 49.7 Å². The van der Waals surface area contributed by atoms with Gasteiger partial charge in [-0.2, -0.15) is 10.8 Å². The number of hydrogen-bond acceptors (Lipinski definition) is 4. The molecule has 5 heteroatoms. The lowest BCUT2D eigenvalue weighted by molar-refractivity contribution is -0.750. The van der Waals surface area contributed by atoms with Crippen molar-refractivity contribution in [2.24, 2.45) is 21.7 Å². The Morgan fingerprint density at radius 2 is 1.84 bits per heavy atom. The lowest BCUT2D eigenvalue weighted by Gasteiger charge is -2.27. The van der Waals surface area contributed by atoms with Crippen molar-refractivity contribution in [2.75, 3.05) is 0 Å². The van der Waals surface area contributed by atoms with E-state index in [1.54, 1.807) is 6.20 Å². The van der Waals surface area contributed by atoms with Crippen LogP contribution in [0.5, 0.6) is 5.75 Å². The highest BCUT2D eigenvalue weighted by molar-refractivity contribution is 6.00. The van der Waals surface area contributed by atoms with Gasteiger partial charge in [-0.1, -0.05) is 68.5 Å². The number of nitrogens with zero attached hydrogens (tertiary/aromatic N) is 3. The third-order valence-corrected chi connectivity index (χ3v) is 6.42. The molecule has 0 bridgehead atoms. The van der Waals surface area contributed by atoms with Gasteiger partial charge in [0, 0.05) is 0 Å². The molecule has 158 valence electrons. The van der Waals surface area contributed by atoms with E-state index in [0.717, 1.165) is 40.5 Å². The molecule has 2 aromatic rings. The highest BCUT2D eigenvalue weighted by Gasteiger charge is 2.44. The van der Waals surface area contributed by atoms with Gasteiger partial charge in [0.25, 0.3) is 5.84 Å². The van der Waals surface area contributed by atoms with Crippen molar-refractivity contribution >= 4 is 12.1 Å². The first-order valence-corrected chi connectivity index (χ1v) is 11.2. The number of aliphatic imine (C=N–C) groups is 2. The van der Waals surface area contributed by atoms with Crippen LogP contribution in [0.15, 0.2) is 88.4 Å². The molecule has 1 aliphatic carbocycles. The van der Waals surface area contributed by atoms with Gasteiger partial charge in [0.2, 0.25) is 5.70 Å². The summed E-state index contributed by atoms with van der Waals surface area (Å²) in [5.41, 5.74) is 4.18. The smallest absolute Gasteiger partial charge is 0.265 e. The highest BCUT2D eigenvalue weighted by atomic mass is 16.5. The van der Waals surface area contributed by atoms with E-state index in [9.17, 15) is 0 Å². The molecule has 5 rings (SSSR count). The van der Waals surface area contributed by atoms with Gasteiger partial charge in [0.05, 0.1) is 18.0 Å². The van der Waals surface area contributed by atoms with Crippen molar-refractivity contribution in [2.45, 2.75) is 45.1 Å². The molecule has 0 spiro atoms. The Balaban J connectivity index is 1.40. The Morgan fingerprint density at radius 3 is 2.68 bits per heavy atom. The molecule has 0 radical (unpaired) electrons. The molecule has 0 amide bonds. The van der Waals surface area contributed by atoms with E-state index in [-0.39, 0.29) is 4.59 Å². The summed E-state index contributed by atoms with van der Waals surface area (Å²) < 4.78 is 6.13. The lowest BCUT2D eigenvalue weighted by atomic mass is 9.86. The molecule has 1 fully saturated rings. The minimum Gasteiger partial charge on any atom is -0.489 e. The van der Waals surface area contributed by atoms with E-state index < -0.39 is 0 Å². The zero-order valence-electron chi connectivity index (χ0n) is 17.8. The van der Waals surface area contributed by atoms with Crippen molar-refractivity contribution in [1.29, 1.82) is 0 Å². The Labute approximate surface area is 183 Å². The number of quaternary nitrogens is 1. The third kappa shape index (κ3) is 4.11. The summed E-state index contributed by atoms with van der Waals surface area (Å²) in [5.74, 6) is 9.21. The summed E-state index contributed by atoms with van der Waals surface area (Å²) in [6.07, 6.45) is 13.1. The van der Waals surface area contributed by atoms with Crippen LogP contribution in [-0.2, 0) is 6.61 Å². The fourth-order valence-corrected chi connectivity index (χ4v) is 4.73. The number of allylic oxidation sites excluding steroid dienone is 2. The molecule has 1 unspecified atom stereocenters. The predicted octanol–water partition coefficient (Wildman–Crippen LogP) is 5.45. The van der Waals surface area contributed by atoms with Crippen LogP contribution in [0.3, 0.4) is 0 Å². The zero-order valence-corrected chi connectivity index (χ0v) is 17.8. The minimum absolute atomic E-state index is 0.0771. The van der Waals surface area contributed by atoms with Crippen molar-refractivity contribution in [1.82, 2.24) is 0 Å². The van der Waals surface area contributed by atoms with Crippen LogP contribution in [-0.4, -0.2) is 16.6 Å². The number of benzene rings is 2. The van der Waals surface area contributed by atoms with Crippen molar-refractivity contribution in [3.05, 3.63) is 89.5 Å². The first kappa shape index (κ1) is 19.9. The Bertz CT molecular complexity index is 1060. The molecule has 2 heterocycles. The number of hydrogen-bond donors (Lipinski definition) is 1. The molecule has 3 aliphatic rings. The maximum absolute atomic E-state index is 6.88. The largest absolute Gasteiger partial charge is 0.489 e. The fraction of sp³-hybridized carbons (Fsp3) is 0.308. The highest BCUT2D eigenvalue weighted by Crippen LogP contribution is 2.37. The van der Waals surface area contributed by atoms with Gasteiger partial charge in [-0.05, 0) is 36.1 Å². The minimum atomic E-state index is 0.0771. The molecule has 0 aromatic heterocycles. The van der Waals surface area contributed by atoms with Gasteiger partial charge in [-0.3, -0.25) is 4.99 Å². The van der Waals surface area contributed by atoms with Crippen LogP contribution in [0.25, 0.3) is 0 Å². The van der Waals surface area contributed by atoms with Crippen LogP contribution in [0.4, 0.5) is 0 Å². The van der Waals surface area contributed by atoms with Crippen molar-refractivity contribution in [3.8, 4) is 5.75 Å². The SMILES string of the molecule is N[N+]12C=CN=CC1=C(CC1CCCCC1)N=C2c1cccc(OCc2ccccc2)c1. The quantitative estimate of drug-likeness (QED) is 0.505. The van der Waals surface area contributed by atoms with Crippen LogP contribution in [0, 0.1) is 5.92 Å². The number of nitrogens with two attached hydrogens (primary N) is 1. The molecule has 5 nitrogen and oxygen atoms in total.